The molecular formula is C13H17FN2O3. The van der Waals surface area contributed by atoms with Gasteiger partial charge in [0.15, 0.2) is 0 Å². The standard InChI is InChI=1S/C13H17FN2O3/c1-13(2,3)19-12(17)15-8-10-6-9(7-16-18)4-5-11(10)14/h4-7,18H,8H2,1-3H3,(H,15,17)/b16-7-. The Hall–Kier alpha value is -2.11. The molecule has 1 aromatic carbocycles. The SMILES string of the molecule is CC(C)(C)OC(=O)NCc1cc(/C=N\O)ccc1F. The molecule has 0 saturated heterocycles. The van der Waals surface area contributed by atoms with E-state index in [2.05, 4.69) is 10.5 Å². The molecule has 0 unspecified atom stereocenters. The Morgan fingerprint density at radius 1 is 1.53 bits per heavy atom. The number of halogens is 1. The van der Waals surface area contributed by atoms with Crippen molar-refractivity contribution in [1.29, 1.82) is 0 Å². The Morgan fingerprint density at radius 3 is 2.79 bits per heavy atom. The molecule has 0 fully saturated rings. The maximum absolute atomic E-state index is 13.5. The van der Waals surface area contributed by atoms with Crippen molar-refractivity contribution in [3.05, 3.63) is 35.1 Å². The lowest BCUT2D eigenvalue weighted by Crippen LogP contribution is -2.32. The smallest absolute Gasteiger partial charge is 0.407 e. The minimum absolute atomic E-state index is 0.00610. The summed E-state index contributed by atoms with van der Waals surface area (Å²) < 4.78 is 18.5. The van der Waals surface area contributed by atoms with Crippen LogP contribution in [0, 0.1) is 5.82 Å². The average molecular weight is 268 g/mol. The van der Waals surface area contributed by atoms with Gasteiger partial charge in [-0.05, 0) is 38.5 Å². The molecule has 1 aromatic rings. The van der Waals surface area contributed by atoms with Crippen LogP contribution in [0.2, 0.25) is 0 Å². The zero-order chi connectivity index (χ0) is 14.5. The lowest BCUT2D eigenvalue weighted by atomic mass is 10.1. The maximum atomic E-state index is 13.5. The minimum Gasteiger partial charge on any atom is -0.444 e. The van der Waals surface area contributed by atoms with Crippen LogP contribution in [-0.4, -0.2) is 23.1 Å². The Morgan fingerprint density at radius 2 is 2.21 bits per heavy atom. The third kappa shape index (κ3) is 5.37. The quantitative estimate of drug-likeness (QED) is 0.503. The number of amides is 1. The number of nitrogens with zero attached hydrogens (tertiary/aromatic N) is 1. The van der Waals surface area contributed by atoms with Gasteiger partial charge in [0, 0.05) is 12.1 Å². The molecule has 0 aliphatic heterocycles. The Labute approximate surface area is 111 Å². The molecule has 2 N–H and O–H groups in total. The van der Waals surface area contributed by atoms with Crippen LogP contribution in [0.5, 0.6) is 0 Å². The summed E-state index contributed by atoms with van der Waals surface area (Å²) in [5, 5.41) is 13.7. The van der Waals surface area contributed by atoms with E-state index in [4.69, 9.17) is 9.94 Å². The van der Waals surface area contributed by atoms with E-state index in [-0.39, 0.29) is 12.1 Å². The third-order valence-corrected chi connectivity index (χ3v) is 2.10. The highest BCUT2D eigenvalue weighted by Gasteiger charge is 2.16. The molecule has 0 spiro atoms. The summed E-state index contributed by atoms with van der Waals surface area (Å²) in [6, 6.07) is 4.18. The summed E-state index contributed by atoms with van der Waals surface area (Å²) in [5.41, 5.74) is 0.210. The predicted octanol–water partition coefficient (Wildman–Crippen LogP) is 2.66. The van der Waals surface area contributed by atoms with Crippen molar-refractivity contribution in [3.8, 4) is 0 Å². The molecule has 0 saturated carbocycles. The van der Waals surface area contributed by atoms with Gasteiger partial charge in [-0.1, -0.05) is 11.2 Å². The monoisotopic (exact) mass is 268 g/mol. The van der Waals surface area contributed by atoms with Gasteiger partial charge in [-0.15, -0.1) is 0 Å². The second-order valence-electron chi connectivity index (χ2n) is 4.95. The van der Waals surface area contributed by atoms with E-state index < -0.39 is 17.5 Å². The lowest BCUT2D eigenvalue weighted by Gasteiger charge is -2.19. The van der Waals surface area contributed by atoms with Gasteiger partial charge in [0.05, 0.1) is 6.21 Å². The van der Waals surface area contributed by atoms with Crippen molar-refractivity contribution in [1.82, 2.24) is 5.32 Å². The van der Waals surface area contributed by atoms with Crippen molar-refractivity contribution in [2.45, 2.75) is 32.9 Å². The van der Waals surface area contributed by atoms with Gasteiger partial charge < -0.3 is 15.3 Å². The molecule has 0 radical (unpaired) electrons. The second kappa shape index (κ2) is 6.17. The van der Waals surface area contributed by atoms with E-state index in [1.54, 1.807) is 20.8 Å². The first kappa shape index (κ1) is 14.9. The van der Waals surface area contributed by atoms with E-state index >= 15 is 0 Å². The van der Waals surface area contributed by atoms with Crippen LogP contribution in [0.25, 0.3) is 0 Å². The molecule has 1 rings (SSSR count). The van der Waals surface area contributed by atoms with Gasteiger partial charge in [0.2, 0.25) is 0 Å². The summed E-state index contributed by atoms with van der Waals surface area (Å²) in [4.78, 5) is 11.4. The van der Waals surface area contributed by atoms with Gasteiger partial charge in [-0.3, -0.25) is 0 Å². The van der Waals surface area contributed by atoms with E-state index in [0.29, 0.717) is 5.56 Å². The summed E-state index contributed by atoms with van der Waals surface area (Å²) in [6.07, 6.45) is 0.560. The molecule has 19 heavy (non-hydrogen) atoms. The summed E-state index contributed by atoms with van der Waals surface area (Å²) in [6.45, 7) is 5.22. The van der Waals surface area contributed by atoms with Crippen LogP contribution in [0.4, 0.5) is 9.18 Å². The first-order chi connectivity index (χ1) is 8.81. The number of nitrogens with one attached hydrogen (secondary N) is 1. The number of alkyl carbamates (subject to hydrolysis) is 1. The Kier molecular flexibility index (Phi) is 4.86. The minimum atomic E-state index is -0.617. The molecule has 0 aliphatic carbocycles. The van der Waals surface area contributed by atoms with Crippen LogP contribution >= 0.6 is 0 Å². The fraction of sp³-hybridized carbons (Fsp3) is 0.385. The van der Waals surface area contributed by atoms with Crippen molar-refractivity contribution in [2.75, 3.05) is 0 Å². The fourth-order valence-electron chi connectivity index (χ4n) is 1.36. The maximum Gasteiger partial charge on any atom is 0.407 e. The largest absolute Gasteiger partial charge is 0.444 e. The van der Waals surface area contributed by atoms with E-state index in [1.165, 1.54) is 24.4 Å². The Balaban J connectivity index is 2.67. The average Bonchev–Trinajstić information content (AvgIpc) is 2.28. The van der Waals surface area contributed by atoms with Crippen LogP contribution in [-0.2, 0) is 11.3 Å². The van der Waals surface area contributed by atoms with Crippen LogP contribution in [0.1, 0.15) is 31.9 Å². The molecule has 1 amide bonds. The second-order valence-corrected chi connectivity index (χ2v) is 4.95. The predicted molar refractivity (Wildman–Crippen MR) is 68.9 cm³/mol. The summed E-state index contributed by atoms with van der Waals surface area (Å²) in [7, 11) is 0. The van der Waals surface area contributed by atoms with Gasteiger partial charge in [-0.25, -0.2) is 9.18 Å². The lowest BCUT2D eigenvalue weighted by molar-refractivity contribution is 0.0523. The highest BCUT2D eigenvalue weighted by Crippen LogP contribution is 2.10. The normalized spacial score (nSPS) is 11.6. The topological polar surface area (TPSA) is 70.9 Å². The molecule has 6 heteroatoms. The van der Waals surface area contributed by atoms with Crippen molar-refractivity contribution in [3.63, 3.8) is 0 Å². The highest BCUT2D eigenvalue weighted by molar-refractivity contribution is 5.79. The van der Waals surface area contributed by atoms with E-state index in [9.17, 15) is 9.18 Å². The summed E-state index contributed by atoms with van der Waals surface area (Å²) in [5.74, 6) is -0.453. The van der Waals surface area contributed by atoms with Crippen molar-refractivity contribution >= 4 is 12.3 Å². The molecule has 104 valence electrons. The third-order valence-electron chi connectivity index (χ3n) is 2.10. The molecule has 5 nitrogen and oxygen atoms in total. The van der Waals surface area contributed by atoms with E-state index in [1.807, 2.05) is 0 Å². The number of carbonyl (C=O) groups excluding carboxylic acids is 1. The number of carbonyl (C=O) groups is 1. The number of hydrogen-bond donors (Lipinski definition) is 2. The van der Waals surface area contributed by atoms with Crippen LogP contribution in [0.3, 0.4) is 0 Å². The van der Waals surface area contributed by atoms with Gasteiger partial charge in [0.1, 0.15) is 11.4 Å². The van der Waals surface area contributed by atoms with Crippen molar-refractivity contribution < 1.29 is 19.1 Å². The summed E-state index contributed by atoms with van der Waals surface area (Å²) >= 11 is 0. The van der Waals surface area contributed by atoms with Crippen molar-refractivity contribution in [2.24, 2.45) is 5.16 Å². The molecule has 0 heterocycles. The van der Waals surface area contributed by atoms with Crippen LogP contribution < -0.4 is 5.32 Å². The fourth-order valence-corrected chi connectivity index (χ4v) is 1.36. The zero-order valence-electron chi connectivity index (χ0n) is 11.1. The van der Waals surface area contributed by atoms with Gasteiger partial charge in [-0.2, -0.15) is 0 Å². The number of oxime groups is 1. The van der Waals surface area contributed by atoms with Gasteiger partial charge in [0.25, 0.3) is 0 Å². The number of hydrogen-bond acceptors (Lipinski definition) is 4. The zero-order valence-corrected chi connectivity index (χ0v) is 11.1. The van der Waals surface area contributed by atoms with E-state index in [0.717, 1.165) is 0 Å². The molecular weight excluding hydrogens is 251 g/mol. The molecule has 0 aromatic heterocycles. The number of rotatable bonds is 3. The Bertz CT molecular complexity index is 481. The molecule has 0 bridgehead atoms. The highest BCUT2D eigenvalue weighted by atomic mass is 19.1. The number of benzene rings is 1. The number of ether oxygens (including phenoxy) is 1. The molecule has 0 aliphatic rings. The first-order valence-corrected chi connectivity index (χ1v) is 5.74. The van der Waals surface area contributed by atoms with Crippen LogP contribution in [0.15, 0.2) is 23.4 Å². The van der Waals surface area contributed by atoms with Gasteiger partial charge >= 0.3 is 6.09 Å². The first-order valence-electron chi connectivity index (χ1n) is 5.74. The molecule has 0 atom stereocenters.